The lowest BCUT2D eigenvalue weighted by Gasteiger charge is -2.32. The smallest absolute Gasteiger partial charge is 0.272 e. The molecule has 27 heavy (non-hydrogen) atoms. The van der Waals surface area contributed by atoms with Crippen LogP contribution < -0.4 is 4.74 Å². The fourth-order valence-electron chi connectivity index (χ4n) is 3.81. The van der Waals surface area contributed by atoms with Crippen molar-refractivity contribution in [2.75, 3.05) is 26.3 Å². The van der Waals surface area contributed by atoms with Crippen molar-refractivity contribution < 1.29 is 14.3 Å². The number of hydrogen-bond donors (Lipinski definition) is 0. The summed E-state index contributed by atoms with van der Waals surface area (Å²) in [6.07, 6.45) is 7.18. The predicted molar refractivity (Wildman–Crippen MR) is 101 cm³/mol. The van der Waals surface area contributed by atoms with Crippen LogP contribution in [0.3, 0.4) is 0 Å². The Morgan fingerprint density at radius 3 is 2.52 bits per heavy atom. The summed E-state index contributed by atoms with van der Waals surface area (Å²) >= 11 is 0. The van der Waals surface area contributed by atoms with Gasteiger partial charge in [-0.3, -0.25) is 9.78 Å². The molecule has 4 heterocycles. The van der Waals surface area contributed by atoms with Crippen molar-refractivity contribution in [3.63, 3.8) is 0 Å². The second kappa shape index (κ2) is 8.48. The minimum absolute atomic E-state index is 0.00483. The molecule has 0 spiro atoms. The summed E-state index contributed by atoms with van der Waals surface area (Å²) in [6.45, 7) is 2.96. The third-order valence-electron chi connectivity index (χ3n) is 5.35. The first-order valence-electron chi connectivity index (χ1n) is 9.71. The van der Waals surface area contributed by atoms with E-state index in [1.165, 1.54) is 5.56 Å². The Morgan fingerprint density at radius 2 is 1.78 bits per heavy atom. The van der Waals surface area contributed by atoms with Gasteiger partial charge in [0.1, 0.15) is 11.8 Å². The third-order valence-corrected chi connectivity index (χ3v) is 5.35. The molecule has 0 atom stereocenters. The summed E-state index contributed by atoms with van der Waals surface area (Å²) in [6, 6.07) is 9.53. The molecule has 2 aliphatic heterocycles. The van der Waals surface area contributed by atoms with Gasteiger partial charge in [0.2, 0.25) is 5.88 Å². The van der Waals surface area contributed by atoms with Crippen LogP contribution >= 0.6 is 0 Å². The third kappa shape index (κ3) is 4.27. The van der Waals surface area contributed by atoms with Gasteiger partial charge in [0.15, 0.2) is 0 Å². The average Bonchev–Trinajstić information content (AvgIpc) is 2.75. The monoisotopic (exact) mass is 367 g/mol. The zero-order chi connectivity index (χ0) is 18.5. The predicted octanol–water partition coefficient (Wildman–Crippen LogP) is 3.05. The van der Waals surface area contributed by atoms with E-state index >= 15 is 0 Å². The van der Waals surface area contributed by atoms with Gasteiger partial charge in [-0.15, -0.1) is 0 Å². The summed E-state index contributed by atoms with van der Waals surface area (Å²) < 4.78 is 11.7. The normalized spacial score (nSPS) is 19.0. The molecule has 2 aromatic heterocycles. The number of likely N-dealkylation sites (tertiary alicyclic amines) is 1. The molecule has 0 radical (unpaired) electrons. The van der Waals surface area contributed by atoms with E-state index in [0.717, 1.165) is 44.8 Å². The highest BCUT2D eigenvalue weighted by molar-refractivity contribution is 5.92. The maximum absolute atomic E-state index is 12.5. The molecule has 0 aliphatic carbocycles. The van der Waals surface area contributed by atoms with Gasteiger partial charge >= 0.3 is 0 Å². The first-order chi connectivity index (χ1) is 13.3. The molecule has 6 heteroatoms. The van der Waals surface area contributed by atoms with Crippen LogP contribution in [0.1, 0.15) is 47.7 Å². The summed E-state index contributed by atoms with van der Waals surface area (Å²) in [5.41, 5.74) is 1.69. The lowest BCUT2D eigenvalue weighted by molar-refractivity contribution is 0.0573. The highest BCUT2D eigenvalue weighted by atomic mass is 16.5. The Morgan fingerprint density at radius 1 is 1.00 bits per heavy atom. The number of carbonyl (C=O) groups excluding carboxylic acids is 1. The Kier molecular flexibility index (Phi) is 5.63. The number of ether oxygens (including phenoxy) is 2. The fourth-order valence-corrected chi connectivity index (χ4v) is 3.81. The summed E-state index contributed by atoms with van der Waals surface area (Å²) in [4.78, 5) is 23.0. The molecule has 2 fully saturated rings. The molecule has 0 aromatic carbocycles. The van der Waals surface area contributed by atoms with Crippen molar-refractivity contribution in [2.24, 2.45) is 0 Å². The number of piperidine rings is 1. The lowest BCUT2D eigenvalue weighted by atomic mass is 9.92. The van der Waals surface area contributed by atoms with Gasteiger partial charge in [-0.05, 0) is 37.0 Å². The van der Waals surface area contributed by atoms with E-state index in [1.807, 2.05) is 23.1 Å². The molecule has 2 saturated heterocycles. The molecule has 2 aliphatic rings. The number of rotatable bonds is 4. The molecule has 6 nitrogen and oxygen atoms in total. The maximum Gasteiger partial charge on any atom is 0.272 e. The van der Waals surface area contributed by atoms with Crippen molar-refractivity contribution in [1.82, 2.24) is 14.9 Å². The van der Waals surface area contributed by atoms with Crippen LogP contribution in [-0.4, -0.2) is 53.2 Å². The van der Waals surface area contributed by atoms with E-state index in [9.17, 15) is 4.79 Å². The molecule has 4 rings (SSSR count). The molecule has 0 N–H and O–H groups in total. The van der Waals surface area contributed by atoms with Crippen molar-refractivity contribution in [3.8, 4) is 5.88 Å². The highest BCUT2D eigenvalue weighted by Crippen LogP contribution is 2.33. The van der Waals surface area contributed by atoms with Gasteiger partial charge in [-0.2, -0.15) is 0 Å². The van der Waals surface area contributed by atoms with E-state index < -0.39 is 0 Å². The summed E-state index contributed by atoms with van der Waals surface area (Å²) in [5.74, 6) is 1.20. The number of nitrogens with zero attached hydrogens (tertiary/aromatic N) is 3. The van der Waals surface area contributed by atoms with Crippen LogP contribution in [0, 0.1) is 0 Å². The van der Waals surface area contributed by atoms with Gasteiger partial charge in [0.25, 0.3) is 5.91 Å². The van der Waals surface area contributed by atoms with Gasteiger partial charge in [0, 0.05) is 57.1 Å². The minimum atomic E-state index is -0.00483. The molecule has 0 bridgehead atoms. The number of hydrogen-bond acceptors (Lipinski definition) is 5. The summed E-state index contributed by atoms with van der Waals surface area (Å²) in [7, 11) is 0. The zero-order valence-corrected chi connectivity index (χ0v) is 15.4. The SMILES string of the molecule is O=C(c1ccccn1)N1CCC(Oc2ncccc2C2CCOCC2)CC1. The van der Waals surface area contributed by atoms with Crippen LogP contribution in [-0.2, 0) is 4.74 Å². The van der Waals surface area contributed by atoms with Crippen LogP contribution in [0.15, 0.2) is 42.7 Å². The van der Waals surface area contributed by atoms with Crippen molar-refractivity contribution in [1.29, 1.82) is 0 Å². The van der Waals surface area contributed by atoms with Crippen molar-refractivity contribution in [3.05, 3.63) is 54.0 Å². The van der Waals surface area contributed by atoms with Crippen LogP contribution in [0.2, 0.25) is 0 Å². The lowest BCUT2D eigenvalue weighted by Crippen LogP contribution is -2.42. The Hall–Kier alpha value is -2.47. The zero-order valence-electron chi connectivity index (χ0n) is 15.4. The Bertz CT molecular complexity index is 754. The molecule has 2 aromatic rings. The van der Waals surface area contributed by atoms with Gasteiger partial charge in [0.05, 0.1) is 0 Å². The molecular weight excluding hydrogens is 342 g/mol. The summed E-state index contributed by atoms with van der Waals surface area (Å²) in [5, 5.41) is 0. The first kappa shape index (κ1) is 17.9. The van der Waals surface area contributed by atoms with E-state index in [-0.39, 0.29) is 12.0 Å². The van der Waals surface area contributed by atoms with Gasteiger partial charge in [-0.25, -0.2) is 4.98 Å². The number of pyridine rings is 2. The largest absolute Gasteiger partial charge is 0.474 e. The topological polar surface area (TPSA) is 64.6 Å². The van der Waals surface area contributed by atoms with Crippen molar-refractivity contribution >= 4 is 5.91 Å². The second-order valence-corrected chi connectivity index (χ2v) is 7.11. The van der Waals surface area contributed by atoms with Crippen LogP contribution in [0.25, 0.3) is 0 Å². The molecular formula is C21H25N3O3. The van der Waals surface area contributed by atoms with Crippen LogP contribution in [0.4, 0.5) is 0 Å². The Balaban J connectivity index is 1.36. The van der Waals surface area contributed by atoms with E-state index in [2.05, 4.69) is 16.0 Å². The van der Waals surface area contributed by atoms with E-state index in [0.29, 0.717) is 24.7 Å². The number of aromatic nitrogens is 2. The standard InChI is InChI=1S/C21H25N3O3/c25-21(19-5-1-2-10-22-19)24-12-6-17(7-13-24)27-20-18(4-3-11-23-20)16-8-14-26-15-9-16/h1-5,10-11,16-17H,6-9,12-15H2. The van der Waals surface area contributed by atoms with E-state index in [4.69, 9.17) is 9.47 Å². The van der Waals surface area contributed by atoms with Crippen LogP contribution in [0.5, 0.6) is 5.88 Å². The molecule has 0 unspecified atom stereocenters. The van der Waals surface area contributed by atoms with Gasteiger partial charge < -0.3 is 14.4 Å². The maximum atomic E-state index is 12.5. The minimum Gasteiger partial charge on any atom is -0.474 e. The molecule has 1 amide bonds. The second-order valence-electron chi connectivity index (χ2n) is 7.11. The number of amides is 1. The average molecular weight is 367 g/mol. The fraction of sp³-hybridized carbons (Fsp3) is 0.476. The number of carbonyl (C=O) groups is 1. The van der Waals surface area contributed by atoms with Gasteiger partial charge in [-0.1, -0.05) is 12.1 Å². The molecule has 0 saturated carbocycles. The Labute approximate surface area is 159 Å². The van der Waals surface area contributed by atoms with Crippen molar-refractivity contribution in [2.45, 2.75) is 37.7 Å². The quantitative estimate of drug-likeness (QED) is 0.831. The highest BCUT2D eigenvalue weighted by Gasteiger charge is 2.27. The van der Waals surface area contributed by atoms with E-state index in [1.54, 1.807) is 18.5 Å². The first-order valence-corrected chi connectivity index (χ1v) is 9.71. The molecule has 142 valence electrons.